The Balaban J connectivity index is 2.00. The lowest BCUT2D eigenvalue weighted by atomic mass is 10.0. The van der Waals surface area contributed by atoms with Crippen LogP contribution in [0.15, 0.2) is 29.2 Å². The topological polar surface area (TPSA) is 55.8 Å². The molecule has 0 unspecified atom stereocenters. The number of nitrogens with zero attached hydrogens (tertiary/aromatic N) is 1. The number of alkyl halides is 3. The lowest BCUT2D eigenvalue weighted by molar-refractivity contribution is -0.140. The van der Waals surface area contributed by atoms with E-state index in [1.54, 1.807) is 0 Å². The maximum absolute atomic E-state index is 13.2. The molecule has 2 saturated heterocycles. The molecule has 0 radical (unpaired) electrons. The van der Waals surface area contributed by atoms with Gasteiger partial charge in [-0.25, -0.2) is 8.42 Å². The summed E-state index contributed by atoms with van der Waals surface area (Å²) in [5.74, 6) is 0. The third-order valence-corrected chi connectivity index (χ3v) is 6.22. The van der Waals surface area contributed by atoms with Crippen LogP contribution in [0.2, 0.25) is 0 Å². The van der Waals surface area contributed by atoms with E-state index in [-0.39, 0.29) is 6.54 Å². The van der Waals surface area contributed by atoms with E-state index >= 15 is 0 Å². The third kappa shape index (κ3) is 3.30. The maximum atomic E-state index is 13.2. The fourth-order valence-corrected chi connectivity index (χ4v) is 5.05. The first kappa shape index (κ1) is 17.7. The van der Waals surface area contributed by atoms with Crippen molar-refractivity contribution in [1.29, 1.82) is 0 Å². The molecule has 2 heterocycles. The zero-order valence-electron chi connectivity index (χ0n) is 12.8. The Hall–Kier alpha value is -1.16. The van der Waals surface area contributed by atoms with Crippen LogP contribution >= 0.6 is 0 Å². The predicted molar refractivity (Wildman–Crippen MR) is 78.7 cm³/mol. The van der Waals surface area contributed by atoms with E-state index in [4.69, 9.17) is 9.47 Å². The SMILES string of the molecule is O=S(=O)(c1ccccc1C(F)(F)F)N1CCCC[C@H]1C1OCCO1. The first-order valence-electron chi connectivity index (χ1n) is 7.73. The monoisotopic (exact) mass is 365 g/mol. The van der Waals surface area contributed by atoms with Crippen molar-refractivity contribution in [3.8, 4) is 0 Å². The number of halogens is 3. The Kier molecular flexibility index (Phi) is 4.87. The quantitative estimate of drug-likeness (QED) is 0.826. The molecule has 1 atom stereocenters. The predicted octanol–water partition coefficient (Wildman–Crippen LogP) is 2.62. The summed E-state index contributed by atoms with van der Waals surface area (Å²) >= 11 is 0. The molecule has 0 N–H and O–H groups in total. The molecule has 3 rings (SSSR count). The zero-order valence-corrected chi connectivity index (χ0v) is 13.6. The first-order chi connectivity index (χ1) is 11.3. The van der Waals surface area contributed by atoms with Crippen molar-refractivity contribution in [1.82, 2.24) is 4.31 Å². The van der Waals surface area contributed by atoms with Gasteiger partial charge in [-0.05, 0) is 25.0 Å². The van der Waals surface area contributed by atoms with Crippen LogP contribution in [-0.2, 0) is 25.7 Å². The molecule has 1 aromatic carbocycles. The molecule has 0 aliphatic carbocycles. The normalized spacial score (nSPS) is 24.4. The van der Waals surface area contributed by atoms with Gasteiger partial charge < -0.3 is 9.47 Å². The van der Waals surface area contributed by atoms with Crippen LogP contribution in [-0.4, -0.2) is 44.8 Å². The van der Waals surface area contributed by atoms with Gasteiger partial charge in [-0.2, -0.15) is 17.5 Å². The van der Waals surface area contributed by atoms with Crippen LogP contribution in [0.3, 0.4) is 0 Å². The fourth-order valence-electron chi connectivity index (χ4n) is 3.15. The molecule has 0 spiro atoms. The van der Waals surface area contributed by atoms with E-state index in [1.807, 2.05) is 0 Å². The Morgan fingerprint density at radius 3 is 2.42 bits per heavy atom. The molecule has 0 amide bonds. The summed E-state index contributed by atoms with van der Waals surface area (Å²) in [4.78, 5) is -0.720. The van der Waals surface area contributed by atoms with Crippen molar-refractivity contribution in [2.24, 2.45) is 0 Å². The number of benzene rings is 1. The third-order valence-electron chi connectivity index (χ3n) is 4.24. The fraction of sp³-hybridized carbons (Fsp3) is 0.600. The van der Waals surface area contributed by atoms with Crippen molar-refractivity contribution in [2.45, 2.75) is 42.7 Å². The molecule has 0 aromatic heterocycles. The summed E-state index contributed by atoms with van der Waals surface area (Å²) in [5.41, 5.74) is -1.15. The van der Waals surface area contributed by atoms with Gasteiger partial charge in [0.05, 0.1) is 29.7 Å². The van der Waals surface area contributed by atoms with E-state index in [0.717, 1.165) is 22.9 Å². The highest BCUT2D eigenvalue weighted by Gasteiger charge is 2.44. The molecule has 134 valence electrons. The molecule has 2 aliphatic heterocycles. The number of hydrogen-bond acceptors (Lipinski definition) is 4. The molecule has 2 aliphatic rings. The second-order valence-corrected chi connectivity index (χ2v) is 7.64. The van der Waals surface area contributed by atoms with Gasteiger partial charge in [-0.1, -0.05) is 18.6 Å². The molecule has 9 heteroatoms. The summed E-state index contributed by atoms with van der Waals surface area (Å²) in [6.45, 7) is 0.866. The molecule has 1 aromatic rings. The second kappa shape index (κ2) is 6.62. The van der Waals surface area contributed by atoms with Gasteiger partial charge in [-0.15, -0.1) is 0 Å². The van der Waals surface area contributed by atoms with E-state index < -0.39 is 39.0 Å². The minimum absolute atomic E-state index is 0.155. The highest BCUT2D eigenvalue weighted by molar-refractivity contribution is 7.89. The summed E-state index contributed by atoms with van der Waals surface area (Å²) < 4.78 is 77.4. The van der Waals surface area contributed by atoms with Crippen LogP contribution in [0.4, 0.5) is 13.2 Å². The van der Waals surface area contributed by atoms with Gasteiger partial charge in [-0.3, -0.25) is 0 Å². The summed E-state index contributed by atoms with van der Waals surface area (Å²) in [7, 11) is -4.31. The van der Waals surface area contributed by atoms with Crippen LogP contribution in [0.1, 0.15) is 24.8 Å². The Morgan fingerprint density at radius 2 is 1.75 bits per heavy atom. The average Bonchev–Trinajstić information content (AvgIpc) is 3.08. The Labute approximate surface area is 138 Å². The molecule has 24 heavy (non-hydrogen) atoms. The minimum atomic E-state index is -4.74. The summed E-state index contributed by atoms with van der Waals surface area (Å²) in [5, 5.41) is 0. The number of hydrogen-bond donors (Lipinski definition) is 0. The van der Waals surface area contributed by atoms with Gasteiger partial charge in [0.1, 0.15) is 0 Å². The average molecular weight is 365 g/mol. The van der Waals surface area contributed by atoms with Gasteiger partial charge in [0.2, 0.25) is 10.0 Å². The van der Waals surface area contributed by atoms with E-state index in [9.17, 15) is 21.6 Å². The molecule has 0 saturated carbocycles. The van der Waals surface area contributed by atoms with E-state index in [0.29, 0.717) is 26.1 Å². The van der Waals surface area contributed by atoms with Crippen molar-refractivity contribution < 1.29 is 31.1 Å². The van der Waals surface area contributed by atoms with Gasteiger partial charge in [0.15, 0.2) is 6.29 Å². The lowest BCUT2D eigenvalue weighted by Crippen LogP contribution is -2.50. The summed E-state index contributed by atoms with van der Waals surface area (Å²) in [6, 6.07) is 3.66. The molecule has 2 fully saturated rings. The number of ether oxygens (including phenoxy) is 2. The van der Waals surface area contributed by atoms with Crippen molar-refractivity contribution >= 4 is 10.0 Å². The first-order valence-corrected chi connectivity index (χ1v) is 9.17. The van der Waals surface area contributed by atoms with Crippen molar-refractivity contribution in [3.63, 3.8) is 0 Å². The van der Waals surface area contributed by atoms with Crippen molar-refractivity contribution in [3.05, 3.63) is 29.8 Å². The van der Waals surface area contributed by atoms with Gasteiger partial charge in [0.25, 0.3) is 0 Å². The minimum Gasteiger partial charge on any atom is -0.349 e. The molecular weight excluding hydrogens is 347 g/mol. The number of sulfonamides is 1. The Bertz CT molecular complexity index is 686. The van der Waals surface area contributed by atoms with E-state index in [2.05, 4.69) is 0 Å². The largest absolute Gasteiger partial charge is 0.417 e. The zero-order chi connectivity index (χ0) is 17.4. The standard InChI is InChI=1S/C15H18F3NO4S/c16-15(17,18)11-5-1-2-7-13(11)24(20,21)19-8-4-3-6-12(19)14-22-9-10-23-14/h1-2,5,7,12,14H,3-4,6,8-10H2/t12-/m0/s1. The second-order valence-electron chi connectivity index (χ2n) is 5.78. The molecular formula is C15H18F3NO4S. The number of piperidine rings is 1. The molecule has 5 nitrogen and oxygen atoms in total. The maximum Gasteiger partial charge on any atom is 0.417 e. The Morgan fingerprint density at radius 1 is 1.08 bits per heavy atom. The van der Waals surface area contributed by atoms with Gasteiger partial charge >= 0.3 is 6.18 Å². The highest BCUT2D eigenvalue weighted by atomic mass is 32.2. The lowest BCUT2D eigenvalue weighted by Gasteiger charge is -2.37. The van der Waals surface area contributed by atoms with Crippen LogP contribution in [0.25, 0.3) is 0 Å². The van der Waals surface area contributed by atoms with Crippen LogP contribution in [0.5, 0.6) is 0 Å². The van der Waals surface area contributed by atoms with Crippen molar-refractivity contribution in [2.75, 3.05) is 19.8 Å². The molecule has 0 bridgehead atoms. The van der Waals surface area contributed by atoms with Gasteiger partial charge in [0, 0.05) is 6.54 Å². The summed E-state index contributed by atoms with van der Waals surface area (Å²) in [6.07, 6.45) is -3.59. The van der Waals surface area contributed by atoms with E-state index in [1.165, 1.54) is 12.1 Å². The highest BCUT2D eigenvalue weighted by Crippen LogP contribution is 2.37. The smallest absolute Gasteiger partial charge is 0.349 e. The number of rotatable bonds is 3. The van der Waals surface area contributed by atoms with Crippen LogP contribution < -0.4 is 0 Å². The van der Waals surface area contributed by atoms with Crippen LogP contribution in [0, 0.1) is 0 Å².